The van der Waals surface area contributed by atoms with Crippen molar-refractivity contribution in [3.8, 4) is 0 Å². The van der Waals surface area contributed by atoms with Crippen molar-refractivity contribution in [1.82, 2.24) is 0 Å². The highest BCUT2D eigenvalue weighted by molar-refractivity contribution is 6.07. The van der Waals surface area contributed by atoms with Gasteiger partial charge < -0.3 is 9.47 Å². The lowest BCUT2D eigenvalue weighted by atomic mass is 9.68. The summed E-state index contributed by atoms with van der Waals surface area (Å²) in [7, 11) is 0. The van der Waals surface area contributed by atoms with Crippen molar-refractivity contribution >= 4 is 11.8 Å². The molecular weight excluding hydrogens is 276 g/mol. The number of nitrogens with zero attached hydrogens (tertiary/aromatic N) is 2. The third-order valence-corrected chi connectivity index (χ3v) is 5.33. The van der Waals surface area contributed by atoms with Crippen molar-refractivity contribution in [2.24, 2.45) is 26.2 Å². The molecule has 2 heterocycles. The van der Waals surface area contributed by atoms with Crippen molar-refractivity contribution in [1.29, 1.82) is 0 Å². The van der Waals surface area contributed by atoms with Crippen LogP contribution in [0, 0.1) is 16.2 Å². The van der Waals surface area contributed by atoms with Crippen LogP contribution < -0.4 is 0 Å². The summed E-state index contributed by atoms with van der Waals surface area (Å²) in [5.74, 6) is 1.76. The van der Waals surface area contributed by atoms with E-state index in [1.54, 1.807) is 0 Å². The topological polar surface area (TPSA) is 43.2 Å². The van der Waals surface area contributed by atoms with Crippen LogP contribution in [0.1, 0.15) is 60.8 Å². The molecule has 3 aliphatic rings. The van der Waals surface area contributed by atoms with E-state index in [0.29, 0.717) is 13.2 Å². The lowest BCUT2D eigenvalue weighted by Gasteiger charge is -2.39. The molecule has 0 N–H and O–H groups in total. The standard InChI is InChI=1S/C18H30N2O2/c1-16(2,3)12-10-21-14(19-12)18(8-7-9-18)15-20-13(11-22-15)17(4,5)6/h12-13H,7-11H2,1-6H3/t12-,13-/m0/s1. The zero-order valence-corrected chi connectivity index (χ0v) is 14.9. The predicted molar refractivity (Wildman–Crippen MR) is 89.5 cm³/mol. The largest absolute Gasteiger partial charge is 0.478 e. The molecule has 4 heteroatoms. The Bertz CT molecular complexity index is 462. The minimum Gasteiger partial charge on any atom is -0.478 e. The summed E-state index contributed by atoms with van der Waals surface area (Å²) < 4.78 is 12.0. The van der Waals surface area contributed by atoms with E-state index in [4.69, 9.17) is 19.5 Å². The van der Waals surface area contributed by atoms with Crippen LogP contribution in [0.25, 0.3) is 0 Å². The second-order valence-electron chi connectivity index (χ2n) is 9.19. The summed E-state index contributed by atoms with van der Waals surface area (Å²) in [6.45, 7) is 14.7. The number of rotatable bonds is 2. The quantitative estimate of drug-likeness (QED) is 0.778. The van der Waals surface area contributed by atoms with Crippen LogP contribution in [0.15, 0.2) is 9.98 Å². The van der Waals surface area contributed by atoms with Crippen molar-refractivity contribution in [3.63, 3.8) is 0 Å². The Kier molecular flexibility index (Phi) is 3.57. The maximum atomic E-state index is 6.02. The van der Waals surface area contributed by atoms with Crippen LogP contribution in [-0.2, 0) is 9.47 Å². The van der Waals surface area contributed by atoms with Gasteiger partial charge in [-0.25, -0.2) is 9.98 Å². The summed E-state index contributed by atoms with van der Waals surface area (Å²) in [5, 5.41) is 0. The Labute approximate surface area is 134 Å². The number of aliphatic imine (C=N–C) groups is 2. The average molecular weight is 306 g/mol. The summed E-state index contributed by atoms with van der Waals surface area (Å²) in [4.78, 5) is 9.84. The maximum absolute atomic E-state index is 6.02. The average Bonchev–Trinajstić information content (AvgIpc) is 2.93. The molecule has 1 fully saturated rings. The van der Waals surface area contributed by atoms with Crippen LogP contribution in [-0.4, -0.2) is 37.1 Å². The Morgan fingerprint density at radius 1 is 0.818 bits per heavy atom. The lowest BCUT2D eigenvalue weighted by molar-refractivity contribution is 0.177. The van der Waals surface area contributed by atoms with Crippen LogP contribution in [0.3, 0.4) is 0 Å². The van der Waals surface area contributed by atoms with Gasteiger partial charge in [-0.05, 0) is 23.7 Å². The minimum atomic E-state index is -0.167. The summed E-state index contributed by atoms with van der Waals surface area (Å²) in [6.07, 6.45) is 3.31. The Balaban J connectivity index is 1.85. The maximum Gasteiger partial charge on any atom is 0.199 e. The molecule has 0 aromatic heterocycles. The normalized spacial score (nSPS) is 31.0. The highest BCUT2D eigenvalue weighted by Gasteiger charge is 2.54. The molecule has 0 aromatic rings. The Morgan fingerprint density at radius 3 is 1.45 bits per heavy atom. The molecule has 1 aliphatic carbocycles. The molecular formula is C18H30N2O2. The molecule has 4 nitrogen and oxygen atoms in total. The van der Waals surface area contributed by atoms with Crippen LogP contribution >= 0.6 is 0 Å². The monoisotopic (exact) mass is 306 g/mol. The van der Waals surface area contributed by atoms with E-state index in [2.05, 4.69) is 41.5 Å². The molecule has 0 bridgehead atoms. The molecule has 0 amide bonds. The fourth-order valence-electron chi connectivity index (χ4n) is 3.21. The molecule has 0 radical (unpaired) electrons. The fourth-order valence-corrected chi connectivity index (χ4v) is 3.21. The summed E-state index contributed by atoms with van der Waals surface area (Å²) in [5.41, 5.74) is 0.109. The van der Waals surface area contributed by atoms with Gasteiger partial charge in [-0.2, -0.15) is 0 Å². The number of ether oxygens (including phenoxy) is 2. The highest BCUT2D eigenvalue weighted by Crippen LogP contribution is 2.48. The van der Waals surface area contributed by atoms with Gasteiger partial charge in [0.25, 0.3) is 0 Å². The van der Waals surface area contributed by atoms with E-state index < -0.39 is 0 Å². The third-order valence-electron chi connectivity index (χ3n) is 5.33. The highest BCUT2D eigenvalue weighted by atomic mass is 16.5. The second-order valence-corrected chi connectivity index (χ2v) is 9.19. The van der Waals surface area contributed by atoms with E-state index in [0.717, 1.165) is 24.6 Å². The van der Waals surface area contributed by atoms with Crippen LogP contribution in [0.4, 0.5) is 0 Å². The van der Waals surface area contributed by atoms with Gasteiger partial charge in [0.1, 0.15) is 18.6 Å². The number of hydrogen-bond donors (Lipinski definition) is 0. The van der Waals surface area contributed by atoms with E-state index >= 15 is 0 Å². The van der Waals surface area contributed by atoms with E-state index in [1.807, 2.05) is 0 Å². The first kappa shape index (κ1) is 15.8. The smallest absolute Gasteiger partial charge is 0.199 e. The summed E-state index contributed by atoms with van der Waals surface area (Å²) >= 11 is 0. The Hall–Kier alpha value is -1.06. The first-order valence-electron chi connectivity index (χ1n) is 8.55. The molecule has 3 rings (SSSR count). The van der Waals surface area contributed by atoms with Crippen molar-refractivity contribution in [3.05, 3.63) is 0 Å². The molecule has 0 saturated heterocycles. The van der Waals surface area contributed by atoms with Gasteiger partial charge >= 0.3 is 0 Å². The van der Waals surface area contributed by atoms with Gasteiger partial charge in [-0.15, -0.1) is 0 Å². The molecule has 2 atom stereocenters. The van der Waals surface area contributed by atoms with E-state index in [9.17, 15) is 0 Å². The minimum absolute atomic E-state index is 0.138. The van der Waals surface area contributed by atoms with Gasteiger partial charge in [0, 0.05) is 0 Å². The third kappa shape index (κ3) is 2.55. The SMILES string of the molecule is CC(C)(C)[C@@H]1COC(C2(C3=N[C@H](C(C)(C)C)CO3)CCC2)=N1. The number of hydrogen-bond acceptors (Lipinski definition) is 4. The van der Waals surface area contributed by atoms with Crippen molar-refractivity contribution in [2.75, 3.05) is 13.2 Å². The van der Waals surface area contributed by atoms with Crippen LogP contribution in [0.5, 0.6) is 0 Å². The molecule has 1 saturated carbocycles. The van der Waals surface area contributed by atoms with Gasteiger partial charge in [-0.3, -0.25) is 0 Å². The van der Waals surface area contributed by atoms with Crippen molar-refractivity contribution in [2.45, 2.75) is 72.9 Å². The first-order valence-corrected chi connectivity index (χ1v) is 8.55. The second kappa shape index (κ2) is 4.97. The van der Waals surface area contributed by atoms with Gasteiger partial charge in [0.2, 0.25) is 0 Å². The van der Waals surface area contributed by atoms with Crippen LogP contribution in [0.2, 0.25) is 0 Å². The lowest BCUT2D eigenvalue weighted by Crippen LogP contribution is -2.45. The zero-order chi connectivity index (χ0) is 16.2. The van der Waals surface area contributed by atoms with E-state index in [1.165, 1.54) is 6.42 Å². The molecule has 22 heavy (non-hydrogen) atoms. The predicted octanol–water partition coefficient (Wildman–Crippen LogP) is 3.84. The van der Waals surface area contributed by atoms with E-state index in [-0.39, 0.29) is 28.3 Å². The molecule has 124 valence electrons. The molecule has 2 aliphatic heterocycles. The zero-order valence-electron chi connectivity index (χ0n) is 14.9. The van der Waals surface area contributed by atoms with Gasteiger partial charge in [0.15, 0.2) is 11.8 Å². The Morgan fingerprint density at radius 2 is 1.23 bits per heavy atom. The van der Waals surface area contributed by atoms with Gasteiger partial charge in [0.05, 0.1) is 12.1 Å². The molecule has 0 spiro atoms. The fraction of sp³-hybridized carbons (Fsp3) is 0.889. The molecule has 0 aromatic carbocycles. The van der Waals surface area contributed by atoms with Gasteiger partial charge in [-0.1, -0.05) is 48.0 Å². The summed E-state index contributed by atoms with van der Waals surface area (Å²) in [6, 6.07) is 0.473. The molecule has 0 unspecified atom stereocenters. The van der Waals surface area contributed by atoms with Crippen molar-refractivity contribution < 1.29 is 9.47 Å². The first-order chi connectivity index (χ1) is 10.1.